The molecule has 0 aliphatic rings. The quantitative estimate of drug-likeness (QED) is 0.393. The summed E-state index contributed by atoms with van der Waals surface area (Å²) < 4.78 is 5.54. The highest BCUT2D eigenvalue weighted by Gasteiger charge is 2.06. The number of ether oxygens (including phenoxy) is 1. The van der Waals surface area contributed by atoms with E-state index in [0.29, 0.717) is 21.4 Å². The Labute approximate surface area is 125 Å². The van der Waals surface area contributed by atoms with E-state index in [9.17, 15) is 0 Å². The molecule has 0 aliphatic carbocycles. The molecule has 1 aromatic carbocycles. The average molecular weight is 312 g/mol. The van der Waals surface area contributed by atoms with Crippen LogP contribution in [0.4, 0.5) is 0 Å². The zero-order valence-corrected chi connectivity index (χ0v) is 11.8. The van der Waals surface area contributed by atoms with Crippen LogP contribution in [0.15, 0.2) is 41.8 Å². The normalized spacial score (nSPS) is 11.4. The Balaban J connectivity index is 2.11. The molecule has 0 aliphatic heterocycles. The van der Waals surface area contributed by atoms with Gasteiger partial charge in [0, 0.05) is 28.4 Å². The molecule has 104 valence electrons. The molecule has 0 amide bonds. The monoisotopic (exact) mass is 311 g/mol. The number of benzene rings is 1. The first-order chi connectivity index (χ1) is 9.60. The summed E-state index contributed by atoms with van der Waals surface area (Å²) in [5.41, 5.74) is 6.78. The predicted molar refractivity (Wildman–Crippen MR) is 77.5 cm³/mol. The maximum atomic E-state index is 8.60. The second kappa shape index (κ2) is 6.45. The number of rotatable bonds is 4. The van der Waals surface area contributed by atoms with Crippen molar-refractivity contribution >= 4 is 29.0 Å². The number of nitrogens with two attached hydrogens (primary N) is 1. The van der Waals surface area contributed by atoms with Crippen LogP contribution < -0.4 is 10.5 Å². The molecule has 2 aromatic rings. The maximum Gasteiger partial charge on any atom is 0.170 e. The van der Waals surface area contributed by atoms with Gasteiger partial charge in [0.25, 0.3) is 0 Å². The van der Waals surface area contributed by atoms with Crippen LogP contribution in [0.25, 0.3) is 0 Å². The van der Waals surface area contributed by atoms with Crippen molar-refractivity contribution in [3.05, 3.63) is 57.8 Å². The van der Waals surface area contributed by atoms with Gasteiger partial charge in [0.15, 0.2) is 5.84 Å². The number of nitrogens with zero attached hydrogens (tertiary/aromatic N) is 2. The van der Waals surface area contributed by atoms with Crippen molar-refractivity contribution in [1.82, 2.24) is 4.98 Å². The summed E-state index contributed by atoms with van der Waals surface area (Å²) >= 11 is 11.9. The Kier molecular flexibility index (Phi) is 4.65. The fraction of sp³-hybridized carbons (Fsp3) is 0.0769. The number of hydrogen-bond donors (Lipinski definition) is 2. The highest BCUT2D eigenvalue weighted by atomic mass is 35.5. The van der Waals surface area contributed by atoms with Gasteiger partial charge in [-0.05, 0) is 6.07 Å². The van der Waals surface area contributed by atoms with Gasteiger partial charge >= 0.3 is 0 Å². The van der Waals surface area contributed by atoms with Crippen molar-refractivity contribution in [1.29, 1.82) is 0 Å². The van der Waals surface area contributed by atoms with Gasteiger partial charge in [0.2, 0.25) is 0 Å². The molecule has 20 heavy (non-hydrogen) atoms. The standard InChI is InChI=1S/C13H11Cl2N3O2/c14-10-4-11(6-17-5-10)20-7-9-2-1-8(3-12(9)15)13(16)18-19/h1-6,19H,7H2,(H2,16,18). The Hall–Kier alpha value is -1.98. The minimum absolute atomic E-state index is 0.00147. The minimum atomic E-state index is -0.00147. The third kappa shape index (κ3) is 3.53. The summed E-state index contributed by atoms with van der Waals surface area (Å²) in [4.78, 5) is 3.92. The van der Waals surface area contributed by atoms with E-state index in [2.05, 4.69) is 10.1 Å². The SMILES string of the molecule is N/C(=N/O)c1ccc(COc2cncc(Cl)c2)c(Cl)c1. The zero-order valence-electron chi connectivity index (χ0n) is 10.3. The largest absolute Gasteiger partial charge is 0.487 e. The highest BCUT2D eigenvalue weighted by molar-refractivity contribution is 6.31. The summed E-state index contributed by atoms with van der Waals surface area (Å²) in [7, 11) is 0. The molecule has 1 heterocycles. The van der Waals surface area contributed by atoms with Crippen molar-refractivity contribution in [2.75, 3.05) is 0 Å². The zero-order chi connectivity index (χ0) is 14.5. The molecular weight excluding hydrogens is 301 g/mol. The smallest absolute Gasteiger partial charge is 0.170 e. The summed E-state index contributed by atoms with van der Waals surface area (Å²) in [6, 6.07) is 6.70. The first-order valence-corrected chi connectivity index (χ1v) is 6.35. The van der Waals surface area contributed by atoms with E-state index >= 15 is 0 Å². The lowest BCUT2D eigenvalue weighted by molar-refractivity contribution is 0.305. The van der Waals surface area contributed by atoms with Crippen molar-refractivity contribution < 1.29 is 9.94 Å². The van der Waals surface area contributed by atoms with Crippen LogP contribution >= 0.6 is 23.2 Å². The topological polar surface area (TPSA) is 80.7 Å². The number of pyridine rings is 1. The number of amidine groups is 1. The van der Waals surface area contributed by atoms with Gasteiger partial charge in [-0.2, -0.15) is 0 Å². The average Bonchev–Trinajstić information content (AvgIpc) is 2.45. The number of hydrogen-bond acceptors (Lipinski definition) is 4. The molecule has 3 N–H and O–H groups in total. The molecular formula is C13H11Cl2N3O2. The molecule has 0 spiro atoms. The molecule has 2 rings (SSSR count). The van der Waals surface area contributed by atoms with Crippen LogP contribution in [0.5, 0.6) is 5.75 Å². The molecule has 1 aromatic heterocycles. The van der Waals surface area contributed by atoms with E-state index in [1.165, 1.54) is 6.20 Å². The van der Waals surface area contributed by atoms with E-state index in [4.69, 9.17) is 38.9 Å². The molecule has 0 radical (unpaired) electrons. The number of oxime groups is 1. The molecule has 0 saturated carbocycles. The summed E-state index contributed by atoms with van der Waals surface area (Å²) in [6.45, 7) is 0.261. The van der Waals surface area contributed by atoms with Crippen molar-refractivity contribution in [2.45, 2.75) is 6.61 Å². The molecule has 7 heteroatoms. The van der Waals surface area contributed by atoms with Crippen LogP contribution in [0.3, 0.4) is 0 Å². The lowest BCUT2D eigenvalue weighted by atomic mass is 10.1. The van der Waals surface area contributed by atoms with Crippen LogP contribution in [0, 0.1) is 0 Å². The van der Waals surface area contributed by atoms with E-state index < -0.39 is 0 Å². The first-order valence-electron chi connectivity index (χ1n) is 5.60. The fourth-order valence-corrected chi connectivity index (χ4v) is 1.91. The van der Waals surface area contributed by atoms with Gasteiger partial charge in [-0.3, -0.25) is 4.98 Å². The Morgan fingerprint density at radius 3 is 2.75 bits per heavy atom. The van der Waals surface area contributed by atoms with Gasteiger partial charge in [-0.15, -0.1) is 0 Å². The van der Waals surface area contributed by atoms with Crippen molar-refractivity contribution in [3.63, 3.8) is 0 Å². The second-order valence-electron chi connectivity index (χ2n) is 3.92. The second-order valence-corrected chi connectivity index (χ2v) is 4.76. The summed E-state index contributed by atoms with van der Waals surface area (Å²) in [5, 5.41) is 12.5. The lowest BCUT2D eigenvalue weighted by Crippen LogP contribution is -2.13. The van der Waals surface area contributed by atoms with Crippen LogP contribution in [0.1, 0.15) is 11.1 Å². The molecule has 0 bridgehead atoms. The molecule has 0 saturated heterocycles. The van der Waals surface area contributed by atoms with E-state index in [0.717, 1.165) is 5.56 Å². The van der Waals surface area contributed by atoms with Crippen LogP contribution in [0.2, 0.25) is 10.0 Å². The first kappa shape index (κ1) is 14.4. The number of aromatic nitrogens is 1. The Bertz CT molecular complexity index is 647. The molecule has 0 atom stereocenters. The fourth-order valence-electron chi connectivity index (χ4n) is 1.51. The van der Waals surface area contributed by atoms with Crippen LogP contribution in [-0.4, -0.2) is 16.0 Å². The molecule has 0 unspecified atom stereocenters. The third-order valence-electron chi connectivity index (χ3n) is 2.53. The predicted octanol–water partition coefficient (Wildman–Crippen LogP) is 3.06. The number of halogens is 2. The summed E-state index contributed by atoms with van der Waals surface area (Å²) in [6.07, 6.45) is 3.08. The molecule has 0 fully saturated rings. The highest BCUT2D eigenvalue weighted by Crippen LogP contribution is 2.21. The van der Waals surface area contributed by atoms with Gasteiger partial charge < -0.3 is 15.7 Å². The maximum absolute atomic E-state index is 8.60. The minimum Gasteiger partial charge on any atom is -0.487 e. The van der Waals surface area contributed by atoms with Crippen molar-refractivity contribution in [3.8, 4) is 5.75 Å². The van der Waals surface area contributed by atoms with Gasteiger partial charge in [-0.1, -0.05) is 40.5 Å². The Morgan fingerprint density at radius 2 is 2.10 bits per heavy atom. The third-order valence-corrected chi connectivity index (χ3v) is 3.09. The van der Waals surface area contributed by atoms with Crippen molar-refractivity contribution in [2.24, 2.45) is 10.9 Å². The Morgan fingerprint density at radius 1 is 1.30 bits per heavy atom. The molecule has 5 nitrogen and oxygen atoms in total. The van der Waals surface area contributed by atoms with E-state index in [-0.39, 0.29) is 12.4 Å². The van der Waals surface area contributed by atoms with Crippen LogP contribution in [-0.2, 0) is 6.61 Å². The lowest BCUT2D eigenvalue weighted by Gasteiger charge is -2.09. The summed E-state index contributed by atoms with van der Waals surface area (Å²) in [5.74, 6) is 0.549. The van der Waals surface area contributed by atoms with Gasteiger partial charge in [0.1, 0.15) is 12.4 Å². The van der Waals surface area contributed by atoms with Gasteiger partial charge in [0.05, 0.1) is 11.2 Å². The van der Waals surface area contributed by atoms with E-state index in [1.54, 1.807) is 30.5 Å². The van der Waals surface area contributed by atoms with Gasteiger partial charge in [-0.25, -0.2) is 0 Å². The van der Waals surface area contributed by atoms with E-state index in [1.807, 2.05) is 0 Å².